The molecule has 0 bridgehead atoms. The molecule has 0 spiro atoms. The molecule has 1 aliphatic rings. The van der Waals surface area contributed by atoms with Crippen molar-refractivity contribution in [2.75, 3.05) is 4.90 Å². The Kier molecular flexibility index (Phi) is 7.48. The fraction of sp³-hybridized carbons (Fsp3) is 0.0175. The number of benzene rings is 10. The van der Waals surface area contributed by atoms with Gasteiger partial charge in [-0.2, -0.15) is 0 Å². The zero-order valence-corrected chi connectivity index (χ0v) is 32.2. The van der Waals surface area contributed by atoms with Gasteiger partial charge in [-0.25, -0.2) is 0 Å². The summed E-state index contributed by atoms with van der Waals surface area (Å²) in [5.74, 6) is 0. The van der Waals surface area contributed by atoms with Gasteiger partial charge in [0.05, 0.1) is 11.1 Å². The predicted molar refractivity (Wildman–Crippen MR) is 246 cm³/mol. The number of hydrogen-bond acceptors (Lipinski definition) is 2. The highest BCUT2D eigenvalue weighted by atomic mass is 16.3. The maximum absolute atomic E-state index is 6.99. The van der Waals surface area contributed by atoms with Crippen LogP contribution in [-0.2, 0) is 5.41 Å². The van der Waals surface area contributed by atoms with Crippen LogP contribution in [0, 0.1) is 0 Å². The van der Waals surface area contributed by atoms with E-state index in [0.717, 1.165) is 55.5 Å². The molecule has 10 aromatic carbocycles. The van der Waals surface area contributed by atoms with E-state index in [4.69, 9.17) is 4.42 Å². The molecule has 59 heavy (non-hydrogen) atoms. The summed E-state index contributed by atoms with van der Waals surface area (Å²) in [5.41, 5.74) is 14.3. The number of para-hydroxylation sites is 1. The zero-order valence-electron chi connectivity index (χ0n) is 32.2. The molecular formula is C57H37NO. The van der Waals surface area contributed by atoms with E-state index in [1.165, 1.54) is 49.5 Å². The molecule has 0 atom stereocenters. The summed E-state index contributed by atoms with van der Waals surface area (Å²) in [6, 6.07) is 81.7. The third kappa shape index (κ3) is 4.87. The second kappa shape index (κ2) is 13.2. The van der Waals surface area contributed by atoms with Gasteiger partial charge < -0.3 is 9.32 Å². The van der Waals surface area contributed by atoms with Gasteiger partial charge in [0.25, 0.3) is 0 Å². The van der Waals surface area contributed by atoms with Crippen molar-refractivity contribution in [3.8, 4) is 22.3 Å². The molecule has 276 valence electrons. The molecule has 0 saturated heterocycles. The number of anilines is 3. The van der Waals surface area contributed by atoms with E-state index in [-0.39, 0.29) is 0 Å². The summed E-state index contributed by atoms with van der Waals surface area (Å²) in [7, 11) is 0. The number of furan rings is 1. The van der Waals surface area contributed by atoms with Crippen LogP contribution in [0.4, 0.5) is 17.1 Å². The van der Waals surface area contributed by atoms with E-state index in [1.807, 2.05) is 0 Å². The number of rotatable bonds is 6. The van der Waals surface area contributed by atoms with Crippen molar-refractivity contribution in [3.05, 3.63) is 247 Å². The summed E-state index contributed by atoms with van der Waals surface area (Å²) < 4.78 is 6.99. The smallest absolute Gasteiger partial charge is 0.143 e. The van der Waals surface area contributed by atoms with Gasteiger partial charge in [-0.15, -0.1) is 0 Å². The van der Waals surface area contributed by atoms with Crippen LogP contribution in [0.2, 0.25) is 0 Å². The maximum atomic E-state index is 6.99. The first-order chi connectivity index (χ1) is 29.3. The Bertz CT molecular complexity index is 3330. The van der Waals surface area contributed by atoms with Gasteiger partial charge >= 0.3 is 0 Å². The summed E-state index contributed by atoms with van der Waals surface area (Å²) in [4.78, 5) is 2.45. The van der Waals surface area contributed by atoms with E-state index in [2.05, 4.69) is 229 Å². The number of nitrogens with zero attached hydrogens (tertiary/aromatic N) is 1. The largest absolute Gasteiger partial charge is 0.455 e. The van der Waals surface area contributed by atoms with Crippen LogP contribution in [0.5, 0.6) is 0 Å². The normalized spacial score (nSPS) is 12.9. The molecule has 0 fully saturated rings. The highest BCUT2D eigenvalue weighted by Gasteiger charge is 2.46. The molecule has 1 aliphatic carbocycles. The molecular weight excluding hydrogens is 715 g/mol. The van der Waals surface area contributed by atoms with Crippen LogP contribution < -0.4 is 4.90 Å². The molecule has 0 N–H and O–H groups in total. The molecule has 0 saturated carbocycles. The predicted octanol–water partition coefficient (Wildman–Crippen LogP) is 15.4. The second-order valence-electron chi connectivity index (χ2n) is 15.5. The van der Waals surface area contributed by atoms with E-state index in [9.17, 15) is 0 Å². The standard InChI is InChI=1S/C57H37NO/c1-5-19-38(20-6-1)53-51(35-36-52-55(53)54-47-30-15-13-27-43(47)44-28-14-16-31-48(44)56(54)59-52)58(41-25-11-4-12-26-41)42-33-34-46-45-29-17-18-32-49(45)57(50(46)37-42,39-21-7-2-8-22-39)40-23-9-3-10-24-40/h1-37H. The summed E-state index contributed by atoms with van der Waals surface area (Å²) in [6.45, 7) is 0. The van der Waals surface area contributed by atoms with Crippen LogP contribution in [0.25, 0.3) is 65.7 Å². The summed E-state index contributed by atoms with van der Waals surface area (Å²) in [5, 5.41) is 6.98. The molecule has 0 aliphatic heterocycles. The average Bonchev–Trinajstić information content (AvgIpc) is 3.85. The topological polar surface area (TPSA) is 16.4 Å². The van der Waals surface area contributed by atoms with E-state index in [1.54, 1.807) is 0 Å². The first-order valence-corrected chi connectivity index (χ1v) is 20.4. The number of fused-ring (bicyclic) bond motifs is 11. The van der Waals surface area contributed by atoms with E-state index < -0.39 is 5.41 Å². The lowest BCUT2D eigenvalue weighted by Gasteiger charge is -2.35. The van der Waals surface area contributed by atoms with Gasteiger partial charge in [-0.05, 0) is 91.5 Å². The fourth-order valence-electron chi connectivity index (χ4n) is 10.1. The van der Waals surface area contributed by atoms with Crippen LogP contribution in [0.3, 0.4) is 0 Å². The van der Waals surface area contributed by atoms with Crippen molar-refractivity contribution in [1.82, 2.24) is 0 Å². The van der Waals surface area contributed by atoms with Gasteiger partial charge in [0, 0.05) is 33.1 Å². The summed E-state index contributed by atoms with van der Waals surface area (Å²) >= 11 is 0. The lowest BCUT2D eigenvalue weighted by atomic mass is 9.67. The van der Waals surface area contributed by atoms with Gasteiger partial charge in [-0.3, -0.25) is 0 Å². The van der Waals surface area contributed by atoms with Crippen LogP contribution in [0.1, 0.15) is 22.3 Å². The van der Waals surface area contributed by atoms with Crippen LogP contribution in [0.15, 0.2) is 229 Å². The van der Waals surface area contributed by atoms with Gasteiger partial charge in [0.15, 0.2) is 0 Å². The third-order valence-electron chi connectivity index (χ3n) is 12.5. The summed E-state index contributed by atoms with van der Waals surface area (Å²) in [6.07, 6.45) is 0. The molecule has 1 heterocycles. The lowest BCUT2D eigenvalue weighted by Crippen LogP contribution is -2.28. The fourth-order valence-corrected chi connectivity index (χ4v) is 10.1. The Balaban J connectivity index is 1.20. The maximum Gasteiger partial charge on any atom is 0.143 e. The highest BCUT2D eigenvalue weighted by Crippen LogP contribution is 2.58. The first kappa shape index (κ1) is 33.5. The first-order valence-electron chi connectivity index (χ1n) is 20.4. The average molecular weight is 752 g/mol. The third-order valence-corrected chi connectivity index (χ3v) is 12.5. The van der Waals surface area contributed by atoms with Crippen molar-refractivity contribution >= 4 is 60.5 Å². The molecule has 1 aromatic heterocycles. The SMILES string of the molecule is c1ccc(-c2c(N(c3ccccc3)c3ccc4c(c3)C(c3ccccc3)(c3ccccc3)c3ccccc3-4)ccc3oc4c5ccccc5c5ccccc5c4c23)cc1. The van der Waals surface area contributed by atoms with Crippen molar-refractivity contribution in [3.63, 3.8) is 0 Å². The molecule has 2 nitrogen and oxygen atoms in total. The molecule has 2 heteroatoms. The van der Waals surface area contributed by atoms with Gasteiger partial charge in [0.1, 0.15) is 11.2 Å². The highest BCUT2D eigenvalue weighted by molar-refractivity contribution is 6.33. The molecule has 0 unspecified atom stereocenters. The molecule has 0 radical (unpaired) electrons. The van der Waals surface area contributed by atoms with Crippen molar-refractivity contribution in [1.29, 1.82) is 0 Å². The minimum atomic E-state index is -0.528. The zero-order chi connectivity index (χ0) is 38.9. The molecule has 11 aromatic rings. The monoisotopic (exact) mass is 751 g/mol. The van der Waals surface area contributed by atoms with Gasteiger partial charge in [-0.1, -0.05) is 188 Å². The van der Waals surface area contributed by atoms with Crippen LogP contribution >= 0.6 is 0 Å². The molecule has 12 rings (SSSR count). The Morgan fingerprint density at radius 1 is 0.373 bits per heavy atom. The quantitative estimate of drug-likeness (QED) is 0.157. The second-order valence-corrected chi connectivity index (χ2v) is 15.5. The minimum Gasteiger partial charge on any atom is -0.455 e. The van der Waals surface area contributed by atoms with Crippen molar-refractivity contribution in [2.24, 2.45) is 0 Å². The van der Waals surface area contributed by atoms with Crippen molar-refractivity contribution < 1.29 is 4.42 Å². The minimum absolute atomic E-state index is 0.528. The Hall–Kier alpha value is -7.68. The van der Waals surface area contributed by atoms with E-state index in [0.29, 0.717) is 0 Å². The Labute approximate surface area is 342 Å². The molecule has 0 amide bonds. The number of hydrogen-bond donors (Lipinski definition) is 0. The Morgan fingerprint density at radius 2 is 0.915 bits per heavy atom. The van der Waals surface area contributed by atoms with Crippen molar-refractivity contribution in [2.45, 2.75) is 5.41 Å². The van der Waals surface area contributed by atoms with Crippen LogP contribution in [-0.4, -0.2) is 0 Å². The van der Waals surface area contributed by atoms with Gasteiger partial charge in [0.2, 0.25) is 0 Å². The van der Waals surface area contributed by atoms with E-state index >= 15 is 0 Å². The Morgan fingerprint density at radius 3 is 1.61 bits per heavy atom. The lowest BCUT2D eigenvalue weighted by molar-refractivity contribution is 0.673.